The Morgan fingerprint density at radius 1 is 1.32 bits per heavy atom. The van der Waals surface area contributed by atoms with Crippen molar-refractivity contribution in [3.05, 3.63) is 35.4 Å². The number of rotatable bonds is 0. The molecule has 3 nitrogen and oxygen atoms in total. The van der Waals surface area contributed by atoms with Gasteiger partial charge < -0.3 is 4.74 Å². The van der Waals surface area contributed by atoms with Crippen molar-refractivity contribution in [2.75, 3.05) is 7.11 Å². The molecule has 2 aliphatic rings. The summed E-state index contributed by atoms with van der Waals surface area (Å²) in [5, 5.41) is 0. The molecule has 22 heavy (non-hydrogen) atoms. The Morgan fingerprint density at radius 2 is 2.14 bits per heavy atom. The first kappa shape index (κ1) is 15.0. The van der Waals surface area contributed by atoms with Crippen molar-refractivity contribution < 1.29 is 9.53 Å². The van der Waals surface area contributed by atoms with E-state index in [2.05, 4.69) is 30.9 Å². The van der Waals surface area contributed by atoms with Crippen LogP contribution in [0.2, 0.25) is 0 Å². The zero-order valence-electron chi connectivity index (χ0n) is 13.3. The Hall–Kier alpha value is -1.95. The second kappa shape index (κ2) is 6.44. The van der Waals surface area contributed by atoms with Crippen LogP contribution in [-0.2, 0) is 4.74 Å². The van der Waals surface area contributed by atoms with Crippen LogP contribution in [-0.4, -0.2) is 30.2 Å². The van der Waals surface area contributed by atoms with Crippen LogP contribution in [0.25, 0.3) is 0 Å². The molecule has 1 saturated carbocycles. The minimum absolute atomic E-state index is 0.0129. The molecule has 0 radical (unpaired) electrons. The van der Waals surface area contributed by atoms with E-state index >= 15 is 0 Å². The number of aryl methyl sites for hydroxylation is 1. The molecule has 3 atom stereocenters. The minimum atomic E-state index is -0.224. The first-order chi connectivity index (χ1) is 10.7. The van der Waals surface area contributed by atoms with Gasteiger partial charge in [0.2, 0.25) is 0 Å². The zero-order chi connectivity index (χ0) is 15.5. The monoisotopic (exact) mass is 297 g/mol. The maximum Gasteiger partial charge on any atom is 0.410 e. The van der Waals surface area contributed by atoms with E-state index in [9.17, 15) is 4.79 Å². The molecule has 0 N–H and O–H groups in total. The third kappa shape index (κ3) is 2.97. The molecular weight excluding hydrogens is 274 g/mol. The smallest absolute Gasteiger partial charge is 0.410 e. The van der Waals surface area contributed by atoms with Crippen LogP contribution in [0.4, 0.5) is 4.79 Å². The predicted octanol–water partition coefficient (Wildman–Crippen LogP) is 3.75. The van der Waals surface area contributed by atoms with Gasteiger partial charge in [0.05, 0.1) is 13.2 Å². The summed E-state index contributed by atoms with van der Waals surface area (Å²) in [6.07, 6.45) is 5.53. The molecule has 116 valence electrons. The van der Waals surface area contributed by atoms with Crippen LogP contribution < -0.4 is 0 Å². The summed E-state index contributed by atoms with van der Waals surface area (Å²) < 4.78 is 5.00. The molecule has 1 saturated heterocycles. The van der Waals surface area contributed by atoms with Crippen LogP contribution in [0.5, 0.6) is 0 Å². The highest BCUT2D eigenvalue weighted by molar-refractivity contribution is 5.69. The summed E-state index contributed by atoms with van der Waals surface area (Å²) >= 11 is 0. The van der Waals surface area contributed by atoms with Crippen molar-refractivity contribution in [1.29, 1.82) is 0 Å². The lowest BCUT2D eigenvalue weighted by molar-refractivity contribution is 0.0987. The summed E-state index contributed by atoms with van der Waals surface area (Å²) in [5.41, 5.74) is 2.22. The first-order valence-corrected chi connectivity index (χ1v) is 8.13. The summed E-state index contributed by atoms with van der Waals surface area (Å²) in [4.78, 5) is 14.1. The van der Waals surface area contributed by atoms with Crippen molar-refractivity contribution >= 4 is 6.09 Å². The number of hydrogen-bond donors (Lipinski definition) is 0. The van der Waals surface area contributed by atoms with Gasteiger partial charge in [-0.1, -0.05) is 36.8 Å². The average Bonchev–Trinajstić information content (AvgIpc) is 2.90. The number of nitrogens with zero attached hydrogens (tertiary/aromatic N) is 1. The standard InChI is InChI=1S/C19H23NO2/c1-14-6-5-7-15(12-14)10-11-17-13-16-8-3-4-9-18(16)20(17)19(21)22-2/h5-7,12,16-18H,3-4,8-9,13H2,1-2H3. The lowest BCUT2D eigenvalue weighted by atomic mass is 9.85. The minimum Gasteiger partial charge on any atom is -0.453 e. The molecule has 1 amide bonds. The number of carbonyl (C=O) groups is 1. The summed E-state index contributed by atoms with van der Waals surface area (Å²) in [6.45, 7) is 2.07. The van der Waals surface area contributed by atoms with E-state index in [4.69, 9.17) is 4.74 Å². The highest BCUT2D eigenvalue weighted by atomic mass is 16.5. The highest BCUT2D eigenvalue weighted by Crippen LogP contribution is 2.39. The van der Waals surface area contributed by atoms with Crippen LogP contribution in [0.1, 0.15) is 43.2 Å². The molecule has 1 heterocycles. The van der Waals surface area contributed by atoms with Gasteiger partial charge in [0.1, 0.15) is 0 Å². The summed E-state index contributed by atoms with van der Waals surface area (Å²) in [5.74, 6) is 7.16. The molecule has 3 heteroatoms. The van der Waals surface area contributed by atoms with Gasteiger partial charge in [-0.25, -0.2) is 4.79 Å². The van der Waals surface area contributed by atoms with Crippen molar-refractivity contribution in [3.63, 3.8) is 0 Å². The number of amides is 1. The Bertz CT molecular complexity index is 613. The maximum atomic E-state index is 12.2. The second-order valence-corrected chi connectivity index (χ2v) is 6.38. The van der Waals surface area contributed by atoms with Gasteiger partial charge in [-0.3, -0.25) is 4.90 Å². The topological polar surface area (TPSA) is 29.5 Å². The van der Waals surface area contributed by atoms with Crippen molar-refractivity contribution in [2.24, 2.45) is 5.92 Å². The number of benzene rings is 1. The third-order valence-electron chi connectivity index (χ3n) is 4.87. The molecule has 3 unspecified atom stereocenters. The molecular formula is C19H23NO2. The Balaban J connectivity index is 1.83. The lowest BCUT2D eigenvalue weighted by Gasteiger charge is -2.31. The molecule has 1 aliphatic heterocycles. The van der Waals surface area contributed by atoms with Crippen molar-refractivity contribution in [2.45, 2.75) is 51.1 Å². The molecule has 0 spiro atoms. The number of methoxy groups -OCH3 is 1. The van der Waals surface area contributed by atoms with Crippen LogP contribution >= 0.6 is 0 Å². The van der Waals surface area contributed by atoms with E-state index in [1.54, 1.807) is 0 Å². The Labute approximate surface area is 132 Å². The number of likely N-dealkylation sites (tertiary alicyclic amines) is 1. The molecule has 1 aromatic rings. The number of fused-ring (bicyclic) bond motifs is 1. The summed E-state index contributed by atoms with van der Waals surface area (Å²) in [7, 11) is 1.46. The van der Waals surface area contributed by atoms with E-state index < -0.39 is 0 Å². The third-order valence-corrected chi connectivity index (χ3v) is 4.87. The SMILES string of the molecule is COC(=O)N1C(C#Cc2cccc(C)c2)CC2CCCCC21. The second-order valence-electron chi connectivity index (χ2n) is 6.38. The van der Waals surface area contributed by atoms with Gasteiger partial charge in [-0.05, 0) is 49.8 Å². The van der Waals surface area contributed by atoms with Gasteiger partial charge in [-0.15, -0.1) is 0 Å². The fraction of sp³-hybridized carbons (Fsp3) is 0.526. The number of carbonyl (C=O) groups excluding carboxylic acids is 1. The van der Waals surface area contributed by atoms with E-state index in [-0.39, 0.29) is 12.1 Å². The van der Waals surface area contributed by atoms with Gasteiger partial charge >= 0.3 is 6.09 Å². The van der Waals surface area contributed by atoms with Gasteiger partial charge in [0.15, 0.2) is 0 Å². The fourth-order valence-electron chi connectivity index (χ4n) is 3.85. The van der Waals surface area contributed by atoms with E-state index in [1.807, 2.05) is 17.0 Å². The molecule has 1 aromatic carbocycles. The summed E-state index contributed by atoms with van der Waals surface area (Å²) in [6, 6.07) is 8.49. The number of hydrogen-bond acceptors (Lipinski definition) is 2. The maximum absolute atomic E-state index is 12.2. The quantitative estimate of drug-likeness (QED) is 0.683. The molecule has 3 rings (SSSR count). The van der Waals surface area contributed by atoms with Crippen molar-refractivity contribution in [1.82, 2.24) is 4.90 Å². The first-order valence-electron chi connectivity index (χ1n) is 8.13. The van der Waals surface area contributed by atoms with Crippen LogP contribution in [0.3, 0.4) is 0 Å². The van der Waals surface area contributed by atoms with E-state index in [1.165, 1.54) is 31.9 Å². The van der Waals surface area contributed by atoms with Crippen LogP contribution in [0, 0.1) is 24.7 Å². The van der Waals surface area contributed by atoms with Gasteiger partial charge in [0, 0.05) is 11.6 Å². The Morgan fingerprint density at radius 3 is 2.91 bits per heavy atom. The van der Waals surface area contributed by atoms with Gasteiger partial charge in [0.25, 0.3) is 0 Å². The molecule has 0 aromatic heterocycles. The van der Waals surface area contributed by atoms with E-state index in [0.29, 0.717) is 12.0 Å². The fourth-order valence-corrected chi connectivity index (χ4v) is 3.85. The highest BCUT2D eigenvalue weighted by Gasteiger charge is 2.44. The largest absolute Gasteiger partial charge is 0.453 e. The van der Waals surface area contributed by atoms with E-state index in [0.717, 1.165) is 18.4 Å². The van der Waals surface area contributed by atoms with Gasteiger partial charge in [-0.2, -0.15) is 0 Å². The predicted molar refractivity (Wildman–Crippen MR) is 86.5 cm³/mol. The average molecular weight is 297 g/mol. The van der Waals surface area contributed by atoms with Crippen molar-refractivity contribution in [3.8, 4) is 11.8 Å². The Kier molecular flexibility index (Phi) is 4.38. The van der Waals surface area contributed by atoms with Crippen LogP contribution in [0.15, 0.2) is 24.3 Å². The lowest BCUT2D eigenvalue weighted by Crippen LogP contribution is -2.42. The normalized spacial score (nSPS) is 26.8. The molecule has 2 fully saturated rings. The molecule has 0 bridgehead atoms. The zero-order valence-corrected chi connectivity index (χ0v) is 13.3. The number of ether oxygens (including phenoxy) is 1. The molecule has 1 aliphatic carbocycles.